The standard InChI is InChI=1S/C15H20N2O/c1-11-16-13-8-12(4-5-14(13)17(11)2)9-15(10-18)6-3-7-15/h4-5,8,18H,3,6-7,9-10H2,1-2H3. The molecule has 0 amide bonds. The number of hydrogen-bond acceptors (Lipinski definition) is 2. The van der Waals surface area contributed by atoms with Crippen LogP contribution in [0.5, 0.6) is 0 Å². The lowest BCUT2D eigenvalue weighted by Gasteiger charge is -2.40. The highest BCUT2D eigenvalue weighted by atomic mass is 16.3. The van der Waals surface area contributed by atoms with E-state index < -0.39 is 0 Å². The van der Waals surface area contributed by atoms with Crippen molar-refractivity contribution >= 4 is 11.0 Å². The highest BCUT2D eigenvalue weighted by Crippen LogP contribution is 2.43. The van der Waals surface area contributed by atoms with Gasteiger partial charge in [-0.3, -0.25) is 0 Å². The first kappa shape index (κ1) is 11.7. The summed E-state index contributed by atoms with van der Waals surface area (Å²) in [5.74, 6) is 1.04. The van der Waals surface area contributed by atoms with Gasteiger partial charge in [-0.15, -0.1) is 0 Å². The average molecular weight is 244 g/mol. The predicted octanol–water partition coefficient (Wildman–Crippen LogP) is 2.59. The first-order chi connectivity index (χ1) is 8.63. The molecule has 0 aliphatic heterocycles. The van der Waals surface area contributed by atoms with Crippen LogP contribution in [0.2, 0.25) is 0 Å². The monoisotopic (exact) mass is 244 g/mol. The van der Waals surface area contributed by atoms with E-state index >= 15 is 0 Å². The fourth-order valence-electron chi connectivity index (χ4n) is 2.98. The molecule has 0 bridgehead atoms. The van der Waals surface area contributed by atoms with E-state index in [-0.39, 0.29) is 5.41 Å². The van der Waals surface area contributed by atoms with Gasteiger partial charge in [-0.05, 0) is 49.3 Å². The second-order valence-corrected chi connectivity index (χ2v) is 5.73. The zero-order chi connectivity index (χ0) is 12.8. The highest BCUT2D eigenvalue weighted by molar-refractivity contribution is 5.76. The minimum absolute atomic E-state index is 0.150. The van der Waals surface area contributed by atoms with Crippen molar-refractivity contribution in [2.75, 3.05) is 6.61 Å². The summed E-state index contributed by atoms with van der Waals surface area (Å²) >= 11 is 0. The minimum atomic E-state index is 0.150. The number of aryl methyl sites for hydroxylation is 2. The van der Waals surface area contributed by atoms with Gasteiger partial charge in [-0.1, -0.05) is 12.5 Å². The SMILES string of the molecule is Cc1nc2cc(CC3(CO)CCC3)ccc2n1C. The number of aliphatic hydroxyl groups excluding tert-OH is 1. The summed E-state index contributed by atoms with van der Waals surface area (Å²) in [5, 5.41) is 9.54. The van der Waals surface area contributed by atoms with Crippen molar-refractivity contribution in [1.29, 1.82) is 0 Å². The molecule has 1 saturated carbocycles. The van der Waals surface area contributed by atoms with Crippen LogP contribution < -0.4 is 0 Å². The Morgan fingerprint density at radius 2 is 2.17 bits per heavy atom. The van der Waals surface area contributed by atoms with Gasteiger partial charge in [0.25, 0.3) is 0 Å². The first-order valence-electron chi connectivity index (χ1n) is 6.66. The minimum Gasteiger partial charge on any atom is -0.396 e. The Hall–Kier alpha value is -1.35. The van der Waals surface area contributed by atoms with Gasteiger partial charge in [0, 0.05) is 13.7 Å². The van der Waals surface area contributed by atoms with Gasteiger partial charge in [-0.25, -0.2) is 4.98 Å². The van der Waals surface area contributed by atoms with Crippen LogP contribution in [-0.4, -0.2) is 21.3 Å². The summed E-state index contributed by atoms with van der Waals surface area (Å²) in [5.41, 5.74) is 3.70. The molecule has 2 aromatic rings. The summed E-state index contributed by atoms with van der Waals surface area (Å²) in [7, 11) is 2.05. The lowest BCUT2D eigenvalue weighted by Crippen LogP contribution is -2.35. The molecule has 18 heavy (non-hydrogen) atoms. The van der Waals surface area contributed by atoms with Crippen LogP contribution in [0.4, 0.5) is 0 Å². The van der Waals surface area contributed by atoms with E-state index in [0.29, 0.717) is 6.61 Å². The summed E-state index contributed by atoms with van der Waals surface area (Å²) in [4.78, 5) is 4.57. The second-order valence-electron chi connectivity index (χ2n) is 5.73. The molecule has 0 spiro atoms. The third-order valence-corrected chi connectivity index (χ3v) is 4.50. The number of aromatic nitrogens is 2. The summed E-state index contributed by atoms with van der Waals surface area (Å²) in [6, 6.07) is 6.51. The lowest BCUT2D eigenvalue weighted by molar-refractivity contribution is 0.0450. The Morgan fingerprint density at radius 1 is 1.39 bits per heavy atom. The van der Waals surface area contributed by atoms with E-state index in [2.05, 4.69) is 27.8 Å². The Labute approximate surface area is 107 Å². The van der Waals surface area contributed by atoms with Gasteiger partial charge in [0.1, 0.15) is 5.82 Å². The highest BCUT2D eigenvalue weighted by Gasteiger charge is 2.36. The third-order valence-electron chi connectivity index (χ3n) is 4.50. The largest absolute Gasteiger partial charge is 0.396 e. The Bertz CT molecular complexity index is 576. The van der Waals surface area contributed by atoms with Crippen molar-refractivity contribution in [1.82, 2.24) is 9.55 Å². The molecule has 1 aromatic heterocycles. The van der Waals surface area contributed by atoms with Crippen LogP contribution in [-0.2, 0) is 13.5 Å². The van der Waals surface area contributed by atoms with E-state index in [9.17, 15) is 5.11 Å². The number of rotatable bonds is 3. The summed E-state index contributed by atoms with van der Waals surface area (Å²) < 4.78 is 2.12. The van der Waals surface area contributed by atoms with Gasteiger partial charge >= 0.3 is 0 Å². The molecule has 1 heterocycles. The molecule has 3 nitrogen and oxygen atoms in total. The zero-order valence-electron chi connectivity index (χ0n) is 11.1. The van der Waals surface area contributed by atoms with Gasteiger partial charge in [0.15, 0.2) is 0 Å². The molecule has 3 rings (SSSR count). The molecule has 96 valence electrons. The normalized spacial score (nSPS) is 17.9. The average Bonchev–Trinajstić information content (AvgIpc) is 2.60. The van der Waals surface area contributed by atoms with Crippen molar-refractivity contribution < 1.29 is 5.11 Å². The Kier molecular flexibility index (Phi) is 2.67. The molecular formula is C15H20N2O. The van der Waals surface area contributed by atoms with Crippen LogP contribution in [0.15, 0.2) is 18.2 Å². The van der Waals surface area contributed by atoms with Gasteiger partial charge in [-0.2, -0.15) is 0 Å². The van der Waals surface area contributed by atoms with Crippen LogP contribution in [0.25, 0.3) is 11.0 Å². The number of fused-ring (bicyclic) bond motifs is 1. The van der Waals surface area contributed by atoms with E-state index in [1.54, 1.807) is 0 Å². The first-order valence-corrected chi connectivity index (χ1v) is 6.66. The fraction of sp³-hybridized carbons (Fsp3) is 0.533. The topological polar surface area (TPSA) is 38.1 Å². The maximum atomic E-state index is 9.54. The number of aliphatic hydroxyl groups is 1. The molecule has 1 aromatic carbocycles. The van der Waals surface area contributed by atoms with Crippen molar-refractivity contribution in [2.45, 2.75) is 32.6 Å². The lowest BCUT2D eigenvalue weighted by atomic mass is 9.66. The molecule has 0 radical (unpaired) electrons. The maximum absolute atomic E-state index is 9.54. The Balaban J connectivity index is 1.94. The van der Waals surface area contributed by atoms with Crippen LogP contribution in [0.1, 0.15) is 30.7 Å². The molecular weight excluding hydrogens is 224 g/mol. The maximum Gasteiger partial charge on any atom is 0.106 e. The van der Waals surface area contributed by atoms with Crippen molar-refractivity contribution in [2.24, 2.45) is 12.5 Å². The van der Waals surface area contributed by atoms with E-state index in [1.165, 1.54) is 17.5 Å². The zero-order valence-corrected chi connectivity index (χ0v) is 11.1. The van der Waals surface area contributed by atoms with Crippen LogP contribution in [0, 0.1) is 12.3 Å². The van der Waals surface area contributed by atoms with Crippen LogP contribution in [0.3, 0.4) is 0 Å². The number of benzene rings is 1. The van der Waals surface area contributed by atoms with E-state index in [1.807, 2.05) is 14.0 Å². The fourth-order valence-corrected chi connectivity index (χ4v) is 2.98. The third kappa shape index (κ3) is 1.74. The van der Waals surface area contributed by atoms with Crippen molar-refractivity contribution in [3.05, 3.63) is 29.6 Å². The summed E-state index contributed by atoms with van der Waals surface area (Å²) in [6.07, 6.45) is 4.55. The van der Waals surface area contributed by atoms with Crippen LogP contribution >= 0.6 is 0 Å². The number of hydrogen-bond donors (Lipinski definition) is 1. The van der Waals surface area contributed by atoms with Gasteiger partial charge < -0.3 is 9.67 Å². The molecule has 1 N–H and O–H groups in total. The molecule has 0 atom stereocenters. The number of nitrogens with zero attached hydrogens (tertiary/aromatic N) is 2. The predicted molar refractivity (Wildman–Crippen MR) is 72.5 cm³/mol. The van der Waals surface area contributed by atoms with E-state index in [0.717, 1.165) is 30.6 Å². The number of imidazole rings is 1. The smallest absolute Gasteiger partial charge is 0.106 e. The summed E-state index contributed by atoms with van der Waals surface area (Å²) in [6.45, 7) is 2.34. The molecule has 1 fully saturated rings. The van der Waals surface area contributed by atoms with E-state index in [4.69, 9.17) is 0 Å². The molecule has 0 unspecified atom stereocenters. The quantitative estimate of drug-likeness (QED) is 0.901. The molecule has 1 aliphatic rings. The molecule has 3 heteroatoms. The molecule has 0 saturated heterocycles. The van der Waals surface area contributed by atoms with Crippen molar-refractivity contribution in [3.8, 4) is 0 Å². The molecule has 1 aliphatic carbocycles. The Morgan fingerprint density at radius 3 is 2.78 bits per heavy atom. The second kappa shape index (κ2) is 4.09. The van der Waals surface area contributed by atoms with Gasteiger partial charge in [0.05, 0.1) is 11.0 Å². The van der Waals surface area contributed by atoms with Crippen molar-refractivity contribution in [3.63, 3.8) is 0 Å². The van der Waals surface area contributed by atoms with Gasteiger partial charge in [0.2, 0.25) is 0 Å².